The largest absolute Gasteiger partial charge is 0.309 e. The Morgan fingerprint density at radius 2 is 0.705 bits per heavy atom. The SMILES string of the molecule is c1ccc(-n2c3cc(-n4c5c6ccccc6sc5c5sc6ccccc6c54)ccc3c3c4ccccc4c(-n4c5c6ccccc6sc5c5sc6ccccc6c54)cc32)cc1. The summed E-state index contributed by atoms with van der Waals surface area (Å²) in [5, 5.41) is 10.3. The van der Waals surface area contributed by atoms with E-state index in [1.165, 1.54) is 125 Å². The van der Waals surface area contributed by atoms with Crippen molar-refractivity contribution >= 4 is 159 Å². The van der Waals surface area contributed by atoms with E-state index in [1.54, 1.807) is 0 Å². The molecule has 0 unspecified atom stereocenters. The van der Waals surface area contributed by atoms with Crippen molar-refractivity contribution in [1.82, 2.24) is 13.7 Å². The van der Waals surface area contributed by atoms with Gasteiger partial charge >= 0.3 is 0 Å². The molecule has 0 aliphatic heterocycles. The van der Waals surface area contributed by atoms with Gasteiger partial charge in [-0.05, 0) is 60.0 Å². The summed E-state index contributed by atoms with van der Waals surface area (Å²) in [6.07, 6.45) is 0. The van der Waals surface area contributed by atoms with Crippen molar-refractivity contribution < 1.29 is 0 Å². The molecular weight excluding hydrogens is 819 g/mol. The van der Waals surface area contributed by atoms with Gasteiger partial charge in [-0.15, -0.1) is 45.3 Å². The highest BCUT2D eigenvalue weighted by Gasteiger charge is 2.27. The van der Waals surface area contributed by atoms with E-state index in [9.17, 15) is 0 Å². The van der Waals surface area contributed by atoms with Crippen molar-refractivity contribution in [2.24, 2.45) is 0 Å². The van der Waals surface area contributed by atoms with Crippen molar-refractivity contribution in [2.75, 3.05) is 0 Å². The molecule has 7 heteroatoms. The Balaban J connectivity index is 1.12. The number of nitrogens with zero attached hydrogens (tertiary/aromatic N) is 3. The highest BCUT2D eigenvalue weighted by molar-refractivity contribution is 7.34. The van der Waals surface area contributed by atoms with E-state index in [-0.39, 0.29) is 0 Å². The molecule has 284 valence electrons. The second kappa shape index (κ2) is 12.0. The first-order valence-electron chi connectivity index (χ1n) is 20.5. The molecule has 0 aliphatic carbocycles. The Kier molecular flexibility index (Phi) is 6.48. The molecule has 0 atom stereocenters. The molecule has 15 rings (SSSR count). The lowest BCUT2D eigenvalue weighted by Gasteiger charge is -2.15. The van der Waals surface area contributed by atoms with Gasteiger partial charge in [0.25, 0.3) is 0 Å². The minimum Gasteiger partial charge on any atom is -0.309 e. The number of fused-ring (bicyclic) bond motifs is 19. The highest BCUT2D eigenvalue weighted by atomic mass is 32.1. The average Bonchev–Trinajstić information content (AvgIpc) is 4.17. The average molecular weight is 848 g/mol. The quantitative estimate of drug-likeness (QED) is 0.168. The minimum absolute atomic E-state index is 1.15. The second-order valence-corrected chi connectivity index (χ2v) is 20.2. The van der Waals surface area contributed by atoms with E-state index >= 15 is 0 Å². The first-order valence-corrected chi connectivity index (χ1v) is 23.8. The Morgan fingerprint density at radius 3 is 1.21 bits per heavy atom. The van der Waals surface area contributed by atoms with Gasteiger partial charge in [0.2, 0.25) is 0 Å². The summed E-state index contributed by atoms with van der Waals surface area (Å²) >= 11 is 7.68. The smallest absolute Gasteiger partial charge is 0.0736 e. The molecule has 0 aliphatic rings. The molecule has 0 amide bonds. The third-order valence-corrected chi connectivity index (χ3v) is 17.8. The van der Waals surface area contributed by atoms with Crippen molar-refractivity contribution in [3.8, 4) is 17.1 Å². The lowest BCUT2D eigenvalue weighted by molar-refractivity contribution is 1.15. The van der Waals surface area contributed by atoms with Crippen molar-refractivity contribution in [3.05, 3.63) is 176 Å². The summed E-state index contributed by atoms with van der Waals surface area (Å²) in [7, 11) is 0. The van der Waals surface area contributed by atoms with Gasteiger partial charge in [0, 0.05) is 67.9 Å². The van der Waals surface area contributed by atoms with E-state index in [1.807, 2.05) is 45.3 Å². The lowest BCUT2D eigenvalue weighted by atomic mass is 10.0. The van der Waals surface area contributed by atoms with Crippen LogP contribution in [-0.4, -0.2) is 13.7 Å². The zero-order valence-corrected chi connectivity index (χ0v) is 35.5. The molecule has 0 saturated heterocycles. The Morgan fingerprint density at radius 1 is 0.279 bits per heavy atom. The van der Waals surface area contributed by atoms with Gasteiger partial charge in [-0.3, -0.25) is 0 Å². The van der Waals surface area contributed by atoms with Gasteiger partial charge in [-0.2, -0.15) is 0 Å². The van der Waals surface area contributed by atoms with Crippen LogP contribution in [0.2, 0.25) is 0 Å². The lowest BCUT2D eigenvalue weighted by Crippen LogP contribution is -1.99. The molecule has 0 N–H and O–H groups in total. The van der Waals surface area contributed by atoms with E-state index in [2.05, 4.69) is 190 Å². The summed E-state index contributed by atoms with van der Waals surface area (Å²) in [5.74, 6) is 0. The number of rotatable bonds is 3. The number of hydrogen-bond acceptors (Lipinski definition) is 4. The van der Waals surface area contributed by atoms with Gasteiger partial charge in [0.05, 0.1) is 57.6 Å². The maximum atomic E-state index is 2.61. The third kappa shape index (κ3) is 4.26. The maximum absolute atomic E-state index is 2.61. The first kappa shape index (κ1) is 33.0. The van der Waals surface area contributed by atoms with Crippen molar-refractivity contribution in [1.29, 1.82) is 0 Å². The topological polar surface area (TPSA) is 14.8 Å². The van der Waals surface area contributed by atoms with Gasteiger partial charge in [-0.25, -0.2) is 0 Å². The minimum atomic E-state index is 1.15. The zero-order valence-electron chi connectivity index (χ0n) is 32.2. The normalized spacial score (nSPS) is 12.6. The molecule has 15 aromatic rings. The van der Waals surface area contributed by atoms with Gasteiger partial charge in [-0.1, -0.05) is 121 Å². The number of benzene rings is 8. The van der Waals surface area contributed by atoms with Crippen LogP contribution in [0.25, 0.3) is 131 Å². The number of hydrogen-bond donors (Lipinski definition) is 0. The van der Waals surface area contributed by atoms with Crippen LogP contribution in [0.4, 0.5) is 0 Å². The van der Waals surface area contributed by atoms with Crippen LogP contribution in [0.5, 0.6) is 0 Å². The molecular formula is C54H29N3S4. The number of aromatic nitrogens is 3. The van der Waals surface area contributed by atoms with E-state index in [0.717, 1.165) is 5.69 Å². The summed E-state index contributed by atoms with van der Waals surface area (Å²) in [4.78, 5) is 0. The zero-order chi connectivity index (χ0) is 39.5. The van der Waals surface area contributed by atoms with E-state index < -0.39 is 0 Å². The third-order valence-electron chi connectivity index (χ3n) is 12.8. The molecule has 7 aromatic heterocycles. The molecule has 0 bridgehead atoms. The molecule has 0 fully saturated rings. The fourth-order valence-electron chi connectivity index (χ4n) is 10.4. The van der Waals surface area contributed by atoms with E-state index in [4.69, 9.17) is 0 Å². The van der Waals surface area contributed by atoms with Crippen molar-refractivity contribution in [3.63, 3.8) is 0 Å². The van der Waals surface area contributed by atoms with Crippen LogP contribution in [0.3, 0.4) is 0 Å². The summed E-state index contributed by atoms with van der Waals surface area (Å²) in [5.41, 5.74) is 11.1. The Labute approximate surface area is 363 Å². The molecule has 0 radical (unpaired) electrons. The van der Waals surface area contributed by atoms with Gasteiger partial charge < -0.3 is 13.7 Å². The van der Waals surface area contributed by atoms with Crippen LogP contribution in [-0.2, 0) is 0 Å². The summed E-state index contributed by atoms with van der Waals surface area (Å²) < 4.78 is 18.4. The maximum Gasteiger partial charge on any atom is 0.0736 e. The molecule has 8 aromatic carbocycles. The van der Waals surface area contributed by atoms with Gasteiger partial charge in [0.15, 0.2) is 0 Å². The van der Waals surface area contributed by atoms with Crippen LogP contribution in [0.15, 0.2) is 176 Å². The predicted molar refractivity (Wildman–Crippen MR) is 268 cm³/mol. The Bertz CT molecular complexity index is 4180. The number of thiophene rings is 4. The van der Waals surface area contributed by atoms with E-state index in [0.29, 0.717) is 0 Å². The van der Waals surface area contributed by atoms with Crippen LogP contribution >= 0.6 is 45.3 Å². The fourth-order valence-corrected chi connectivity index (χ4v) is 15.4. The van der Waals surface area contributed by atoms with Crippen LogP contribution in [0.1, 0.15) is 0 Å². The molecule has 0 spiro atoms. The molecule has 61 heavy (non-hydrogen) atoms. The molecule has 3 nitrogen and oxygen atoms in total. The van der Waals surface area contributed by atoms with Crippen LogP contribution < -0.4 is 0 Å². The summed E-state index contributed by atoms with van der Waals surface area (Å²) in [6.45, 7) is 0. The highest BCUT2D eigenvalue weighted by Crippen LogP contribution is 2.51. The Hall–Kier alpha value is -6.74. The second-order valence-electron chi connectivity index (χ2n) is 16.0. The molecule has 7 heterocycles. The predicted octanol–water partition coefficient (Wildman–Crippen LogP) is 17.0. The van der Waals surface area contributed by atoms with Crippen LogP contribution in [0, 0.1) is 0 Å². The molecule has 0 saturated carbocycles. The standard InChI is InChI=1S/C54H29N3S4/c1-2-14-30(15-3-1)55-39-28-31(56-47-35-18-6-10-22-42(35)58-51(47)52-48(56)36-19-7-11-23-43(36)59-52)26-27-34(39)46-33-17-5-4-16-32(33)40(29-41(46)55)57-49-37-20-8-12-24-44(37)60-53(49)54-50(57)38-21-9-13-25-45(38)61-54/h1-29H. The fraction of sp³-hybridized carbons (Fsp3) is 0. The number of para-hydroxylation sites is 1. The monoisotopic (exact) mass is 847 g/mol. The van der Waals surface area contributed by atoms with Crippen molar-refractivity contribution in [2.45, 2.75) is 0 Å². The first-order chi connectivity index (χ1) is 30.3. The summed E-state index contributed by atoms with van der Waals surface area (Å²) in [6, 6.07) is 65.5. The van der Waals surface area contributed by atoms with Gasteiger partial charge in [0.1, 0.15) is 0 Å².